The Balaban J connectivity index is 1.70. The van der Waals surface area contributed by atoms with E-state index in [1.54, 1.807) is 0 Å². The Labute approximate surface area is 124 Å². The zero-order valence-electron chi connectivity index (χ0n) is 12.7. The summed E-state index contributed by atoms with van der Waals surface area (Å²) < 4.78 is 0. The minimum Gasteiger partial charge on any atom is -0.385 e. The lowest BCUT2D eigenvalue weighted by Crippen LogP contribution is -2.17. The lowest BCUT2D eigenvalue weighted by molar-refractivity contribution is 0.397. The Morgan fingerprint density at radius 1 is 0.800 bits per heavy atom. The summed E-state index contributed by atoms with van der Waals surface area (Å²) in [6.45, 7) is 1.11. The lowest BCUT2D eigenvalue weighted by Gasteiger charge is -2.17. The second kappa shape index (κ2) is 9.63. The van der Waals surface area contributed by atoms with Crippen molar-refractivity contribution in [2.45, 2.75) is 57.8 Å². The summed E-state index contributed by atoms with van der Waals surface area (Å²) in [5.41, 5.74) is 1.23. The van der Waals surface area contributed by atoms with Gasteiger partial charge in [-0.1, -0.05) is 81.7 Å². The molecule has 0 saturated heterocycles. The zero-order chi connectivity index (χ0) is 13.9. The van der Waals surface area contributed by atoms with Crippen molar-refractivity contribution in [3.63, 3.8) is 0 Å². The fourth-order valence-electron chi connectivity index (χ4n) is 3.11. The van der Waals surface area contributed by atoms with Crippen LogP contribution in [0.4, 0.5) is 0 Å². The van der Waals surface area contributed by atoms with Crippen LogP contribution in [0.2, 0.25) is 0 Å². The number of allylic oxidation sites excluding steroid dienone is 7. The number of rotatable bonds is 4. The first-order valence-corrected chi connectivity index (χ1v) is 8.41. The van der Waals surface area contributed by atoms with E-state index in [0.717, 1.165) is 12.5 Å². The maximum atomic E-state index is 3.58. The summed E-state index contributed by atoms with van der Waals surface area (Å²) >= 11 is 0. The maximum absolute atomic E-state index is 3.58. The Bertz CT molecular complexity index is 363. The summed E-state index contributed by atoms with van der Waals surface area (Å²) in [5.74, 6) is 0.939. The molecule has 0 unspecified atom stereocenters. The van der Waals surface area contributed by atoms with Crippen molar-refractivity contribution in [1.29, 1.82) is 0 Å². The van der Waals surface area contributed by atoms with Crippen molar-refractivity contribution in [3.05, 3.63) is 48.2 Å². The summed E-state index contributed by atoms with van der Waals surface area (Å²) in [7, 11) is 0. The Morgan fingerprint density at radius 3 is 2.25 bits per heavy atom. The first-order chi connectivity index (χ1) is 9.95. The Morgan fingerprint density at radius 2 is 1.45 bits per heavy atom. The van der Waals surface area contributed by atoms with Crippen molar-refractivity contribution in [2.75, 3.05) is 6.54 Å². The molecule has 0 radical (unpaired) electrons. The van der Waals surface area contributed by atoms with Crippen molar-refractivity contribution >= 4 is 0 Å². The second-order valence-corrected chi connectivity index (χ2v) is 6.03. The van der Waals surface area contributed by atoms with Gasteiger partial charge in [0.25, 0.3) is 0 Å². The molecule has 0 aromatic heterocycles. The van der Waals surface area contributed by atoms with Crippen molar-refractivity contribution in [3.8, 4) is 0 Å². The zero-order valence-corrected chi connectivity index (χ0v) is 12.7. The van der Waals surface area contributed by atoms with Crippen molar-refractivity contribution < 1.29 is 0 Å². The molecule has 1 nitrogen and oxygen atoms in total. The smallest absolute Gasteiger partial charge is 0.0340 e. The Kier molecular flexibility index (Phi) is 7.30. The fraction of sp³-hybridized carbons (Fsp3) is 0.579. The average Bonchev–Trinajstić information content (AvgIpc) is 2.55. The summed E-state index contributed by atoms with van der Waals surface area (Å²) in [6.07, 6.45) is 27.6. The molecule has 0 aromatic rings. The van der Waals surface area contributed by atoms with E-state index in [0.29, 0.717) is 0 Å². The van der Waals surface area contributed by atoms with Crippen LogP contribution in [0.25, 0.3) is 0 Å². The molecule has 0 atom stereocenters. The van der Waals surface area contributed by atoms with Crippen molar-refractivity contribution in [2.24, 2.45) is 5.92 Å². The molecule has 2 aliphatic rings. The van der Waals surface area contributed by atoms with Gasteiger partial charge in [0.05, 0.1) is 0 Å². The topological polar surface area (TPSA) is 12.0 Å². The van der Waals surface area contributed by atoms with Crippen LogP contribution in [-0.4, -0.2) is 6.54 Å². The standard InChI is InChI=1S/C19H29N/c1-2-5-9-13-18(12-8-4-1)16-17-20-19-14-10-6-3-7-11-15-19/h3,6-7,10-11,14-15,18,20H,1-2,4-5,8-9,12-13,16-17H2/b6-3?,7-3?,10-6?,11-7?,14-10-,15-11?,19-14?,19-15+. The van der Waals surface area contributed by atoms with Gasteiger partial charge < -0.3 is 5.32 Å². The van der Waals surface area contributed by atoms with Crippen LogP contribution >= 0.6 is 0 Å². The van der Waals surface area contributed by atoms with Gasteiger partial charge in [0.15, 0.2) is 0 Å². The van der Waals surface area contributed by atoms with Gasteiger partial charge in [-0.3, -0.25) is 0 Å². The van der Waals surface area contributed by atoms with Gasteiger partial charge >= 0.3 is 0 Å². The van der Waals surface area contributed by atoms with Crippen LogP contribution in [0, 0.1) is 5.92 Å². The molecule has 1 heteroatoms. The molecule has 0 spiro atoms. The molecular formula is C19H29N. The molecule has 0 aliphatic heterocycles. The van der Waals surface area contributed by atoms with E-state index in [9.17, 15) is 0 Å². The molecule has 2 rings (SSSR count). The van der Waals surface area contributed by atoms with Gasteiger partial charge in [0, 0.05) is 12.2 Å². The average molecular weight is 271 g/mol. The monoisotopic (exact) mass is 271 g/mol. The van der Waals surface area contributed by atoms with E-state index in [-0.39, 0.29) is 0 Å². The van der Waals surface area contributed by atoms with Crippen LogP contribution < -0.4 is 5.32 Å². The predicted octanol–water partition coefficient (Wildman–Crippen LogP) is 5.28. The Hall–Kier alpha value is -1.24. The molecule has 1 fully saturated rings. The predicted molar refractivity (Wildman–Crippen MR) is 88.5 cm³/mol. The van der Waals surface area contributed by atoms with Crippen LogP contribution in [0.3, 0.4) is 0 Å². The molecule has 0 amide bonds. The summed E-state index contributed by atoms with van der Waals surface area (Å²) in [6, 6.07) is 0. The molecule has 1 saturated carbocycles. The van der Waals surface area contributed by atoms with Gasteiger partial charge in [0.2, 0.25) is 0 Å². The molecule has 2 aliphatic carbocycles. The maximum Gasteiger partial charge on any atom is 0.0340 e. The second-order valence-electron chi connectivity index (χ2n) is 6.03. The third-order valence-electron chi connectivity index (χ3n) is 4.35. The molecule has 20 heavy (non-hydrogen) atoms. The van der Waals surface area contributed by atoms with E-state index in [4.69, 9.17) is 0 Å². The van der Waals surface area contributed by atoms with Gasteiger partial charge in [-0.25, -0.2) is 0 Å². The van der Waals surface area contributed by atoms with Gasteiger partial charge in [0.1, 0.15) is 0 Å². The highest BCUT2D eigenvalue weighted by molar-refractivity contribution is 5.29. The van der Waals surface area contributed by atoms with E-state index in [2.05, 4.69) is 47.8 Å². The summed E-state index contributed by atoms with van der Waals surface area (Å²) in [4.78, 5) is 0. The first-order valence-electron chi connectivity index (χ1n) is 8.41. The highest BCUT2D eigenvalue weighted by atomic mass is 14.9. The highest BCUT2D eigenvalue weighted by Gasteiger charge is 2.10. The van der Waals surface area contributed by atoms with Crippen LogP contribution in [0.1, 0.15) is 57.8 Å². The van der Waals surface area contributed by atoms with Gasteiger partial charge in [-0.2, -0.15) is 0 Å². The lowest BCUT2D eigenvalue weighted by atomic mass is 9.93. The molecular weight excluding hydrogens is 242 g/mol. The van der Waals surface area contributed by atoms with E-state index >= 15 is 0 Å². The number of nitrogens with one attached hydrogen (secondary N) is 1. The SMILES string of the molecule is C1=C/C=C\C(NCCC2CCCCCCCC2)=C/C=C1. The van der Waals surface area contributed by atoms with Gasteiger partial charge in [-0.15, -0.1) is 0 Å². The van der Waals surface area contributed by atoms with Crippen molar-refractivity contribution in [1.82, 2.24) is 5.32 Å². The molecule has 0 heterocycles. The molecule has 0 bridgehead atoms. The van der Waals surface area contributed by atoms with Gasteiger partial charge in [-0.05, 0) is 24.5 Å². The fourth-order valence-corrected chi connectivity index (χ4v) is 3.11. The highest BCUT2D eigenvalue weighted by Crippen LogP contribution is 2.23. The van der Waals surface area contributed by atoms with E-state index in [1.807, 2.05) is 0 Å². The molecule has 1 N–H and O–H groups in total. The molecule has 0 aromatic carbocycles. The molecule has 110 valence electrons. The normalized spacial score (nSPS) is 25.5. The third-order valence-corrected chi connectivity index (χ3v) is 4.35. The largest absolute Gasteiger partial charge is 0.385 e. The first kappa shape index (κ1) is 15.2. The van der Waals surface area contributed by atoms with Crippen LogP contribution in [-0.2, 0) is 0 Å². The summed E-state index contributed by atoms with van der Waals surface area (Å²) in [5, 5.41) is 3.58. The third kappa shape index (κ3) is 6.27. The number of hydrogen-bond acceptors (Lipinski definition) is 1. The number of hydrogen-bond donors (Lipinski definition) is 1. The minimum absolute atomic E-state index is 0.939. The van der Waals surface area contributed by atoms with Crippen LogP contribution in [0.15, 0.2) is 48.2 Å². The van der Waals surface area contributed by atoms with E-state index in [1.165, 1.54) is 63.5 Å². The minimum atomic E-state index is 0.939. The quantitative estimate of drug-likeness (QED) is 0.733. The van der Waals surface area contributed by atoms with E-state index < -0.39 is 0 Å². The van der Waals surface area contributed by atoms with Crippen LogP contribution in [0.5, 0.6) is 0 Å².